The Bertz CT molecular complexity index is 694. The number of aromatic nitrogens is 3. The monoisotopic (exact) mass is 285 g/mol. The Morgan fingerprint density at radius 3 is 3.10 bits per heavy atom. The first kappa shape index (κ1) is 13.3. The minimum Gasteiger partial charge on any atom is -0.326 e. The van der Waals surface area contributed by atoms with Crippen molar-refractivity contribution < 1.29 is 9.59 Å². The summed E-state index contributed by atoms with van der Waals surface area (Å²) >= 11 is 0. The van der Waals surface area contributed by atoms with Crippen molar-refractivity contribution in [3.05, 3.63) is 36.2 Å². The highest BCUT2D eigenvalue weighted by atomic mass is 16.2. The van der Waals surface area contributed by atoms with E-state index in [2.05, 4.69) is 20.7 Å². The predicted octanol–water partition coefficient (Wildman–Crippen LogP) is 1.18. The number of hydrogen-bond donors (Lipinski definition) is 2. The van der Waals surface area contributed by atoms with Gasteiger partial charge in [-0.05, 0) is 18.6 Å². The van der Waals surface area contributed by atoms with Gasteiger partial charge in [-0.3, -0.25) is 14.9 Å². The first-order valence-corrected chi connectivity index (χ1v) is 6.67. The van der Waals surface area contributed by atoms with Gasteiger partial charge in [0.2, 0.25) is 17.8 Å². The third kappa shape index (κ3) is 2.76. The predicted molar refractivity (Wildman–Crippen MR) is 76.6 cm³/mol. The summed E-state index contributed by atoms with van der Waals surface area (Å²) < 4.78 is 1.59. The van der Waals surface area contributed by atoms with Crippen molar-refractivity contribution in [2.75, 3.05) is 10.6 Å². The van der Waals surface area contributed by atoms with Gasteiger partial charge < -0.3 is 5.32 Å². The highest BCUT2D eigenvalue weighted by molar-refractivity contribution is 5.98. The van der Waals surface area contributed by atoms with Crippen molar-refractivity contribution in [2.45, 2.75) is 19.9 Å². The van der Waals surface area contributed by atoms with Gasteiger partial charge in [0.15, 0.2) is 0 Å². The van der Waals surface area contributed by atoms with Crippen molar-refractivity contribution in [2.24, 2.45) is 5.92 Å². The molecule has 2 aromatic rings. The maximum atomic E-state index is 12.1. The van der Waals surface area contributed by atoms with Crippen LogP contribution in [0.15, 0.2) is 30.6 Å². The number of nitrogens with one attached hydrogen (secondary N) is 2. The Morgan fingerprint density at radius 1 is 1.48 bits per heavy atom. The number of benzene rings is 1. The largest absolute Gasteiger partial charge is 0.326 e. The summed E-state index contributed by atoms with van der Waals surface area (Å²) in [6.45, 7) is 2.28. The second kappa shape index (κ2) is 5.35. The van der Waals surface area contributed by atoms with E-state index < -0.39 is 5.92 Å². The zero-order valence-electron chi connectivity index (χ0n) is 11.5. The third-order valence-electron chi connectivity index (χ3n) is 3.47. The van der Waals surface area contributed by atoms with Crippen molar-refractivity contribution in [3.63, 3.8) is 0 Å². The van der Waals surface area contributed by atoms with Crippen LogP contribution in [0.25, 0.3) is 0 Å². The SMILES string of the molecule is Cc1ccccc1NC(=O)C[C@@H]1Cn2ncnc2NC1=O. The van der Waals surface area contributed by atoms with Gasteiger partial charge >= 0.3 is 0 Å². The molecule has 1 aromatic carbocycles. The molecule has 0 unspecified atom stereocenters. The zero-order chi connectivity index (χ0) is 14.8. The summed E-state index contributed by atoms with van der Waals surface area (Å²) in [6, 6.07) is 7.53. The van der Waals surface area contributed by atoms with Crippen LogP contribution in [0.4, 0.5) is 11.6 Å². The van der Waals surface area contributed by atoms with E-state index in [-0.39, 0.29) is 18.2 Å². The fourth-order valence-electron chi connectivity index (χ4n) is 2.29. The van der Waals surface area contributed by atoms with Gasteiger partial charge in [0, 0.05) is 12.1 Å². The first-order valence-electron chi connectivity index (χ1n) is 6.67. The zero-order valence-corrected chi connectivity index (χ0v) is 11.5. The summed E-state index contributed by atoms with van der Waals surface area (Å²) in [4.78, 5) is 27.9. The van der Waals surface area contributed by atoms with Gasteiger partial charge in [-0.25, -0.2) is 4.68 Å². The second-order valence-electron chi connectivity index (χ2n) is 5.02. The molecule has 108 valence electrons. The molecule has 2 amide bonds. The normalized spacial score (nSPS) is 17.0. The lowest BCUT2D eigenvalue weighted by Crippen LogP contribution is -2.36. The lowest BCUT2D eigenvalue weighted by atomic mass is 10.0. The number of fused-ring (bicyclic) bond motifs is 1. The van der Waals surface area contributed by atoms with E-state index in [4.69, 9.17) is 0 Å². The smallest absolute Gasteiger partial charge is 0.232 e. The fourth-order valence-corrected chi connectivity index (χ4v) is 2.29. The van der Waals surface area contributed by atoms with Crippen LogP contribution in [0.1, 0.15) is 12.0 Å². The molecule has 3 rings (SSSR count). The second-order valence-corrected chi connectivity index (χ2v) is 5.02. The van der Waals surface area contributed by atoms with E-state index in [1.165, 1.54) is 6.33 Å². The molecule has 1 aliphatic rings. The van der Waals surface area contributed by atoms with Gasteiger partial charge in [-0.15, -0.1) is 0 Å². The standard InChI is InChI=1S/C14H15N5O2/c1-9-4-2-3-5-11(9)17-12(20)6-10-7-19-14(15-8-16-19)18-13(10)21/h2-5,8,10H,6-7H2,1H3,(H,17,20)(H,15,16,18,21)/t10-/m1/s1. The Morgan fingerprint density at radius 2 is 2.29 bits per heavy atom. The van der Waals surface area contributed by atoms with E-state index >= 15 is 0 Å². The number of rotatable bonds is 3. The van der Waals surface area contributed by atoms with Crippen LogP contribution < -0.4 is 10.6 Å². The minimum atomic E-state index is -0.441. The molecular formula is C14H15N5O2. The number of anilines is 2. The number of carbonyl (C=O) groups excluding carboxylic acids is 2. The molecular weight excluding hydrogens is 270 g/mol. The maximum Gasteiger partial charge on any atom is 0.232 e. The van der Waals surface area contributed by atoms with E-state index in [9.17, 15) is 9.59 Å². The molecule has 21 heavy (non-hydrogen) atoms. The lowest BCUT2D eigenvalue weighted by Gasteiger charge is -2.21. The highest BCUT2D eigenvalue weighted by Gasteiger charge is 2.29. The molecule has 0 fully saturated rings. The molecule has 7 nitrogen and oxygen atoms in total. The van der Waals surface area contributed by atoms with Crippen LogP contribution in [0.2, 0.25) is 0 Å². The maximum absolute atomic E-state index is 12.1. The first-order chi connectivity index (χ1) is 10.1. The van der Waals surface area contributed by atoms with E-state index in [1.54, 1.807) is 4.68 Å². The molecule has 1 aliphatic heterocycles. The number of carbonyl (C=O) groups is 2. The molecule has 7 heteroatoms. The summed E-state index contributed by atoms with van der Waals surface area (Å²) in [5, 5.41) is 9.48. The number of para-hydroxylation sites is 1. The van der Waals surface area contributed by atoms with Crippen LogP contribution in [0.3, 0.4) is 0 Å². The molecule has 0 saturated heterocycles. The number of amides is 2. The van der Waals surface area contributed by atoms with Gasteiger partial charge in [0.05, 0.1) is 12.5 Å². The van der Waals surface area contributed by atoms with E-state index in [1.807, 2.05) is 31.2 Å². The molecule has 0 saturated carbocycles. The van der Waals surface area contributed by atoms with Crippen LogP contribution >= 0.6 is 0 Å². The lowest BCUT2D eigenvalue weighted by molar-refractivity contribution is -0.125. The Balaban J connectivity index is 1.66. The summed E-state index contributed by atoms with van der Waals surface area (Å²) in [5.41, 5.74) is 1.75. The molecule has 0 aliphatic carbocycles. The topological polar surface area (TPSA) is 88.9 Å². The molecule has 2 heterocycles. The third-order valence-corrected chi connectivity index (χ3v) is 3.47. The van der Waals surface area contributed by atoms with Crippen molar-refractivity contribution in [1.82, 2.24) is 14.8 Å². The summed E-state index contributed by atoms with van der Waals surface area (Å²) in [7, 11) is 0. The number of nitrogens with zero attached hydrogens (tertiary/aromatic N) is 3. The van der Waals surface area contributed by atoms with Crippen molar-refractivity contribution >= 4 is 23.5 Å². The average molecular weight is 285 g/mol. The van der Waals surface area contributed by atoms with E-state index in [0.717, 1.165) is 11.3 Å². The molecule has 2 N–H and O–H groups in total. The Kier molecular flexibility index (Phi) is 3.39. The Labute approximate surface area is 121 Å². The van der Waals surface area contributed by atoms with Crippen LogP contribution in [-0.2, 0) is 16.1 Å². The van der Waals surface area contributed by atoms with Gasteiger partial charge in [-0.1, -0.05) is 18.2 Å². The van der Waals surface area contributed by atoms with E-state index in [0.29, 0.717) is 12.5 Å². The molecule has 1 atom stereocenters. The molecule has 0 spiro atoms. The van der Waals surface area contributed by atoms with Crippen molar-refractivity contribution in [3.8, 4) is 0 Å². The van der Waals surface area contributed by atoms with Crippen LogP contribution in [0, 0.1) is 12.8 Å². The van der Waals surface area contributed by atoms with Crippen molar-refractivity contribution in [1.29, 1.82) is 0 Å². The van der Waals surface area contributed by atoms with Crippen LogP contribution in [0.5, 0.6) is 0 Å². The Hall–Kier alpha value is -2.70. The van der Waals surface area contributed by atoms with Gasteiger partial charge in [0.25, 0.3) is 0 Å². The summed E-state index contributed by atoms with van der Waals surface area (Å²) in [5.74, 6) is -0.401. The molecule has 0 bridgehead atoms. The summed E-state index contributed by atoms with van der Waals surface area (Å²) in [6.07, 6.45) is 1.49. The molecule has 1 aromatic heterocycles. The fraction of sp³-hybridized carbons (Fsp3) is 0.286. The quantitative estimate of drug-likeness (QED) is 0.886. The van der Waals surface area contributed by atoms with Gasteiger partial charge in [0.1, 0.15) is 6.33 Å². The van der Waals surface area contributed by atoms with Crippen LogP contribution in [-0.4, -0.2) is 26.6 Å². The molecule has 0 radical (unpaired) electrons. The minimum absolute atomic E-state index is 0.111. The highest BCUT2D eigenvalue weighted by Crippen LogP contribution is 2.19. The number of aryl methyl sites for hydroxylation is 1. The number of hydrogen-bond acceptors (Lipinski definition) is 4. The average Bonchev–Trinajstić information content (AvgIpc) is 2.89. The van der Waals surface area contributed by atoms with Gasteiger partial charge in [-0.2, -0.15) is 10.1 Å².